The maximum atomic E-state index is 11.2. The molecule has 90 valence electrons. The number of thiazole rings is 1. The largest absolute Gasteiger partial charge is 0.313 e. The Morgan fingerprint density at radius 1 is 1.62 bits per heavy atom. The van der Waals surface area contributed by atoms with Crippen LogP contribution in [-0.4, -0.2) is 37.5 Å². The van der Waals surface area contributed by atoms with Crippen LogP contribution in [0, 0.1) is 6.92 Å². The van der Waals surface area contributed by atoms with Crippen LogP contribution in [0.5, 0.6) is 0 Å². The smallest absolute Gasteiger partial charge is 0.151 e. The summed E-state index contributed by atoms with van der Waals surface area (Å²) >= 11 is 1.66. The maximum Gasteiger partial charge on any atom is 0.151 e. The van der Waals surface area contributed by atoms with Crippen LogP contribution in [0.2, 0.25) is 0 Å². The third kappa shape index (κ3) is 3.02. The van der Waals surface area contributed by atoms with Crippen molar-refractivity contribution in [3.8, 4) is 0 Å². The monoisotopic (exact) mass is 260 g/mol. The van der Waals surface area contributed by atoms with Crippen molar-refractivity contribution in [3.63, 3.8) is 0 Å². The SMILES string of the molecule is Cc1ncsc1CCNC1CCS(=O)(=O)C1. The fourth-order valence-corrected chi connectivity index (χ4v) is 4.40. The summed E-state index contributed by atoms with van der Waals surface area (Å²) in [6, 6.07) is 0.151. The number of rotatable bonds is 4. The Bertz CT molecular complexity index is 453. The molecular formula is C10H16N2O2S2. The van der Waals surface area contributed by atoms with Gasteiger partial charge in [-0.25, -0.2) is 13.4 Å². The van der Waals surface area contributed by atoms with E-state index in [0.717, 1.165) is 25.1 Å². The quantitative estimate of drug-likeness (QED) is 0.869. The molecule has 2 rings (SSSR count). The van der Waals surface area contributed by atoms with Crippen LogP contribution < -0.4 is 5.32 Å². The van der Waals surface area contributed by atoms with Crippen LogP contribution in [0.15, 0.2) is 5.51 Å². The van der Waals surface area contributed by atoms with Crippen molar-refractivity contribution < 1.29 is 8.42 Å². The van der Waals surface area contributed by atoms with Crippen LogP contribution in [0.1, 0.15) is 17.0 Å². The van der Waals surface area contributed by atoms with Crippen LogP contribution in [0.3, 0.4) is 0 Å². The zero-order valence-corrected chi connectivity index (χ0v) is 10.9. The first kappa shape index (κ1) is 12.0. The summed E-state index contributed by atoms with van der Waals surface area (Å²) in [5.74, 6) is 0.638. The Hall–Kier alpha value is -0.460. The van der Waals surface area contributed by atoms with Crippen molar-refractivity contribution in [2.75, 3.05) is 18.1 Å². The minimum Gasteiger partial charge on any atom is -0.313 e. The van der Waals surface area contributed by atoms with Gasteiger partial charge in [0.15, 0.2) is 9.84 Å². The zero-order chi connectivity index (χ0) is 11.6. The van der Waals surface area contributed by atoms with Gasteiger partial charge in [0.25, 0.3) is 0 Å². The van der Waals surface area contributed by atoms with Crippen LogP contribution in [0.4, 0.5) is 0 Å². The Morgan fingerprint density at radius 3 is 3.00 bits per heavy atom. The van der Waals surface area contributed by atoms with Crippen LogP contribution in [0.25, 0.3) is 0 Å². The molecule has 0 aliphatic carbocycles. The molecule has 0 spiro atoms. The molecule has 1 saturated heterocycles. The lowest BCUT2D eigenvalue weighted by molar-refractivity contribution is 0.557. The highest BCUT2D eigenvalue weighted by molar-refractivity contribution is 7.91. The molecule has 0 amide bonds. The molecule has 0 radical (unpaired) electrons. The molecule has 6 heteroatoms. The van der Waals surface area contributed by atoms with E-state index in [9.17, 15) is 8.42 Å². The summed E-state index contributed by atoms with van der Waals surface area (Å²) in [6.07, 6.45) is 1.69. The molecule has 1 aromatic heterocycles. The Labute approximate surface area is 100 Å². The first-order chi connectivity index (χ1) is 7.57. The van der Waals surface area contributed by atoms with Crippen molar-refractivity contribution in [2.45, 2.75) is 25.8 Å². The third-order valence-electron chi connectivity index (χ3n) is 2.86. The summed E-state index contributed by atoms with van der Waals surface area (Å²) in [7, 11) is -2.76. The lowest BCUT2D eigenvalue weighted by Crippen LogP contribution is -2.31. The molecule has 1 aliphatic heterocycles. The molecule has 1 atom stereocenters. The van der Waals surface area contributed by atoms with Crippen molar-refractivity contribution in [1.29, 1.82) is 0 Å². The predicted molar refractivity (Wildman–Crippen MR) is 65.6 cm³/mol. The van der Waals surface area contributed by atoms with Crippen molar-refractivity contribution in [1.82, 2.24) is 10.3 Å². The first-order valence-corrected chi connectivity index (χ1v) is 8.10. The van der Waals surface area contributed by atoms with E-state index in [2.05, 4.69) is 10.3 Å². The van der Waals surface area contributed by atoms with E-state index in [1.165, 1.54) is 4.88 Å². The van der Waals surface area contributed by atoms with Gasteiger partial charge in [-0.05, 0) is 19.8 Å². The fourth-order valence-electron chi connectivity index (χ4n) is 1.91. The number of aryl methyl sites for hydroxylation is 1. The summed E-state index contributed by atoms with van der Waals surface area (Å²) in [5.41, 5.74) is 2.94. The molecule has 1 aliphatic rings. The van der Waals surface area contributed by atoms with E-state index >= 15 is 0 Å². The second-order valence-electron chi connectivity index (χ2n) is 4.17. The Morgan fingerprint density at radius 2 is 2.44 bits per heavy atom. The van der Waals surface area contributed by atoms with Gasteiger partial charge in [-0.15, -0.1) is 11.3 Å². The summed E-state index contributed by atoms with van der Waals surface area (Å²) in [6.45, 7) is 2.84. The highest BCUT2D eigenvalue weighted by Crippen LogP contribution is 2.14. The summed E-state index contributed by atoms with van der Waals surface area (Å²) in [4.78, 5) is 5.47. The van der Waals surface area contributed by atoms with Gasteiger partial charge in [0.05, 0.1) is 22.7 Å². The van der Waals surface area contributed by atoms with E-state index in [-0.39, 0.29) is 6.04 Å². The molecule has 1 N–H and O–H groups in total. The van der Waals surface area contributed by atoms with Crippen molar-refractivity contribution in [2.24, 2.45) is 0 Å². The predicted octanol–water partition coefficient (Wildman–Crippen LogP) is 0.771. The van der Waals surface area contributed by atoms with Gasteiger partial charge in [0.1, 0.15) is 0 Å². The fraction of sp³-hybridized carbons (Fsp3) is 0.700. The van der Waals surface area contributed by atoms with E-state index < -0.39 is 9.84 Å². The molecule has 0 aromatic carbocycles. The molecule has 0 bridgehead atoms. The van der Waals surface area contributed by atoms with Gasteiger partial charge < -0.3 is 5.32 Å². The van der Waals surface area contributed by atoms with Crippen molar-refractivity contribution in [3.05, 3.63) is 16.1 Å². The number of hydrogen-bond donors (Lipinski definition) is 1. The maximum absolute atomic E-state index is 11.2. The topological polar surface area (TPSA) is 59.1 Å². The molecule has 0 saturated carbocycles. The van der Waals surface area contributed by atoms with Gasteiger partial charge in [0, 0.05) is 17.5 Å². The molecule has 4 nitrogen and oxygen atoms in total. The zero-order valence-electron chi connectivity index (χ0n) is 9.27. The van der Waals surface area contributed by atoms with Crippen LogP contribution >= 0.6 is 11.3 Å². The Balaban J connectivity index is 1.75. The van der Waals surface area contributed by atoms with E-state index in [1.54, 1.807) is 11.3 Å². The highest BCUT2D eigenvalue weighted by Gasteiger charge is 2.27. The molecule has 1 unspecified atom stereocenters. The van der Waals surface area contributed by atoms with E-state index in [4.69, 9.17) is 0 Å². The molecular weight excluding hydrogens is 244 g/mol. The highest BCUT2D eigenvalue weighted by atomic mass is 32.2. The normalized spacial score (nSPS) is 23.7. The molecule has 2 heterocycles. The van der Waals surface area contributed by atoms with Gasteiger partial charge in [-0.1, -0.05) is 0 Å². The minimum absolute atomic E-state index is 0.151. The van der Waals surface area contributed by atoms with Gasteiger partial charge in [-0.2, -0.15) is 0 Å². The molecule has 1 aromatic rings. The van der Waals surface area contributed by atoms with Crippen LogP contribution in [-0.2, 0) is 16.3 Å². The lowest BCUT2D eigenvalue weighted by atomic mass is 10.2. The average molecular weight is 260 g/mol. The number of aromatic nitrogens is 1. The average Bonchev–Trinajstić information content (AvgIpc) is 2.74. The second-order valence-corrected chi connectivity index (χ2v) is 7.33. The standard InChI is InChI=1S/C10H16N2O2S2/c1-8-10(15-7-12-8)2-4-11-9-3-5-16(13,14)6-9/h7,9,11H,2-6H2,1H3. The van der Waals surface area contributed by atoms with E-state index in [1.807, 2.05) is 12.4 Å². The van der Waals surface area contributed by atoms with Gasteiger partial charge in [0.2, 0.25) is 0 Å². The third-order valence-corrected chi connectivity index (χ3v) is 5.63. The molecule has 1 fully saturated rings. The number of nitrogens with one attached hydrogen (secondary N) is 1. The van der Waals surface area contributed by atoms with Gasteiger partial charge >= 0.3 is 0 Å². The number of hydrogen-bond acceptors (Lipinski definition) is 5. The Kier molecular flexibility index (Phi) is 3.61. The summed E-state index contributed by atoms with van der Waals surface area (Å²) in [5, 5.41) is 3.30. The number of nitrogens with zero attached hydrogens (tertiary/aromatic N) is 1. The second kappa shape index (κ2) is 4.81. The minimum atomic E-state index is -2.76. The first-order valence-electron chi connectivity index (χ1n) is 5.39. The van der Waals surface area contributed by atoms with Crippen molar-refractivity contribution >= 4 is 21.2 Å². The van der Waals surface area contributed by atoms with E-state index in [0.29, 0.717) is 11.5 Å². The number of sulfone groups is 1. The summed E-state index contributed by atoms with van der Waals surface area (Å²) < 4.78 is 22.5. The molecule has 16 heavy (non-hydrogen) atoms. The van der Waals surface area contributed by atoms with Gasteiger partial charge in [-0.3, -0.25) is 0 Å². The lowest BCUT2D eigenvalue weighted by Gasteiger charge is -2.09.